The fourth-order valence-corrected chi connectivity index (χ4v) is 3.35. The number of ketones is 1. The normalized spacial score (nSPS) is 10.6. The predicted octanol–water partition coefficient (Wildman–Crippen LogP) is 4.12. The van der Waals surface area contributed by atoms with Gasteiger partial charge in [-0.05, 0) is 42.6 Å². The monoisotopic (exact) mass is 373 g/mol. The zero-order chi connectivity index (χ0) is 17.6. The highest BCUT2D eigenvalue weighted by molar-refractivity contribution is 7.99. The van der Waals surface area contributed by atoms with Crippen LogP contribution in [0, 0.1) is 0 Å². The molecule has 0 aliphatic rings. The summed E-state index contributed by atoms with van der Waals surface area (Å²) in [6.45, 7) is 1.51. The Labute approximate surface area is 152 Å². The van der Waals surface area contributed by atoms with Gasteiger partial charge in [0.05, 0.1) is 4.88 Å². The standard InChI is InChI=1S/C17H15N3O3S2/c1-11(21)12-4-6-13(7-5-12)18-15(22)8-10-25-17-20-19-16(23-17)14-3-2-9-24-14/h2-7,9H,8,10H2,1H3,(H,18,22). The first-order valence-corrected chi connectivity index (χ1v) is 9.39. The smallest absolute Gasteiger partial charge is 0.276 e. The molecule has 3 aromatic rings. The van der Waals surface area contributed by atoms with Crippen molar-refractivity contribution in [2.45, 2.75) is 18.6 Å². The molecule has 0 aliphatic heterocycles. The SMILES string of the molecule is CC(=O)c1ccc(NC(=O)CCSc2nnc(-c3cccs3)o2)cc1. The molecule has 6 nitrogen and oxygen atoms in total. The highest BCUT2D eigenvalue weighted by atomic mass is 32.2. The number of aromatic nitrogens is 2. The Morgan fingerprint density at radius 1 is 1.20 bits per heavy atom. The maximum atomic E-state index is 12.0. The fraction of sp³-hybridized carbons (Fsp3) is 0.176. The van der Waals surface area contributed by atoms with Crippen molar-refractivity contribution in [1.82, 2.24) is 10.2 Å². The topological polar surface area (TPSA) is 85.1 Å². The lowest BCUT2D eigenvalue weighted by Gasteiger charge is -2.05. The van der Waals surface area contributed by atoms with Gasteiger partial charge in [0.25, 0.3) is 11.1 Å². The maximum Gasteiger partial charge on any atom is 0.276 e. The number of thiophene rings is 1. The molecule has 0 spiro atoms. The van der Waals surface area contributed by atoms with Crippen LogP contribution in [-0.4, -0.2) is 27.6 Å². The van der Waals surface area contributed by atoms with Crippen LogP contribution < -0.4 is 5.32 Å². The van der Waals surface area contributed by atoms with Gasteiger partial charge in [-0.2, -0.15) is 0 Å². The summed E-state index contributed by atoms with van der Waals surface area (Å²) in [7, 11) is 0. The third-order valence-corrected chi connectivity index (χ3v) is 4.95. The summed E-state index contributed by atoms with van der Waals surface area (Å²) in [4.78, 5) is 24.1. The van der Waals surface area contributed by atoms with E-state index in [9.17, 15) is 9.59 Å². The van der Waals surface area contributed by atoms with E-state index in [0.29, 0.717) is 34.5 Å². The molecule has 128 valence electrons. The lowest BCUT2D eigenvalue weighted by Crippen LogP contribution is -2.12. The van der Waals surface area contributed by atoms with Crippen LogP contribution in [0.2, 0.25) is 0 Å². The maximum absolute atomic E-state index is 12.0. The van der Waals surface area contributed by atoms with Crippen molar-refractivity contribution >= 4 is 40.5 Å². The molecule has 0 radical (unpaired) electrons. The number of carbonyl (C=O) groups is 2. The molecule has 0 aliphatic carbocycles. The van der Waals surface area contributed by atoms with Gasteiger partial charge < -0.3 is 9.73 Å². The molecular weight excluding hydrogens is 358 g/mol. The van der Waals surface area contributed by atoms with Gasteiger partial charge in [-0.15, -0.1) is 21.5 Å². The second-order valence-corrected chi connectivity index (χ2v) is 7.12. The van der Waals surface area contributed by atoms with Crippen molar-refractivity contribution in [3.8, 4) is 10.8 Å². The van der Waals surface area contributed by atoms with Crippen molar-refractivity contribution in [2.75, 3.05) is 11.1 Å². The molecule has 25 heavy (non-hydrogen) atoms. The van der Waals surface area contributed by atoms with Crippen LogP contribution in [0.5, 0.6) is 0 Å². The minimum absolute atomic E-state index is 0.00393. The van der Waals surface area contributed by atoms with E-state index in [-0.39, 0.29) is 11.7 Å². The molecule has 2 heterocycles. The number of hydrogen-bond acceptors (Lipinski definition) is 7. The van der Waals surface area contributed by atoms with Crippen molar-refractivity contribution in [3.63, 3.8) is 0 Å². The summed E-state index contributed by atoms with van der Waals surface area (Å²) in [5.41, 5.74) is 1.28. The van der Waals surface area contributed by atoms with Gasteiger partial charge in [-0.1, -0.05) is 17.8 Å². The third kappa shape index (κ3) is 4.77. The molecule has 0 fully saturated rings. The van der Waals surface area contributed by atoms with Crippen LogP contribution in [0.4, 0.5) is 5.69 Å². The number of hydrogen-bond donors (Lipinski definition) is 1. The van der Waals surface area contributed by atoms with E-state index >= 15 is 0 Å². The molecule has 8 heteroatoms. The number of carbonyl (C=O) groups excluding carboxylic acids is 2. The minimum atomic E-state index is -0.110. The third-order valence-electron chi connectivity index (χ3n) is 3.27. The van der Waals surface area contributed by atoms with E-state index < -0.39 is 0 Å². The molecule has 2 aromatic heterocycles. The van der Waals surface area contributed by atoms with Crippen molar-refractivity contribution < 1.29 is 14.0 Å². The molecule has 1 amide bonds. The first-order chi connectivity index (χ1) is 12.1. The number of thioether (sulfide) groups is 1. The molecule has 0 unspecified atom stereocenters. The predicted molar refractivity (Wildman–Crippen MR) is 98.0 cm³/mol. The molecule has 0 atom stereocenters. The summed E-state index contributed by atoms with van der Waals surface area (Å²) in [6, 6.07) is 10.6. The summed E-state index contributed by atoms with van der Waals surface area (Å²) in [5.74, 6) is 0.910. The van der Waals surface area contributed by atoms with Gasteiger partial charge >= 0.3 is 0 Å². The first kappa shape index (κ1) is 17.4. The molecule has 0 saturated carbocycles. The summed E-state index contributed by atoms with van der Waals surface area (Å²) >= 11 is 2.87. The Balaban J connectivity index is 1.45. The molecular formula is C17H15N3O3S2. The molecule has 0 bridgehead atoms. The molecule has 1 aromatic carbocycles. The highest BCUT2D eigenvalue weighted by Crippen LogP contribution is 2.26. The lowest BCUT2D eigenvalue weighted by atomic mass is 10.1. The minimum Gasteiger partial charge on any atom is -0.410 e. The molecule has 0 saturated heterocycles. The van der Waals surface area contributed by atoms with Crippen LogP contribution in [0.15, 0.2) is 51.4 Å². The second-order valence-electron chi connectivity index (χ2n) is 5.13. The zero-order valence-corrected chi connectivity index (χ0v) is 15.0. The number of rotatable bonds is 7. The Morgan fingerprint density at radius 2 is 2.00 bits per heavy atom. The van der Waals surface area contributed by atoms with Gasteiger partial charge in [0, 0.05) is 23.4 Å². The van der Waals surface area contributed by atoms with E-state index in [1.807, 2.05) is 17.5 Å². The van der Waals surface area contributed by atoms with Gasteiger partial charge in [0.15, 0.2) is 5.78 Å². The number of amides is 1. The van der Waals surface area contributed by atoms with Crippen LogP contribution in [0.3, 0.4) is 0 Å². The second kappa shape index (κ2) is 8.09. The summed E-state index contributed by atoms with van der Waals surface area (Å²) < 4.78 is 5.55. The van der Waals surface area contributed by atoms with Gasteiger partial charge in [-0.3, -0.25) is 9.59 Å². The lowest BCUT2D eigenvalue weighted by molar-refractivity contribution is -0.115. The number of anilines is 1. The van der Waals surface area contributed by atoms with Crippen LogP contribution in [-0.2, 0) is 4.79 Å². The molecule has 3 rings (SSSR count). The molecule has 1 N–H and O–H groups in total. The largest absolute Gasteiger partial charge is 0.410 e. The average molecular weight is 373 g/mol. The highest BCUT2D eigenvalue weighted by Gasteiger charge is 2.11. The van der Waals surface area contributed by atoms with E-state index in [0.717, 1.165) is 4.88 Å². The Morgan fingerprint density at radius 3 is 2.68 bits per heavy atom. The Hall–Kier alpha value is -2.45. The van der Waals surface area contributed by atoms with Crippen LogP contribution >= 0.6 is 23.1 Å². The quantitative estimate of drug-likeness (QED) is 0.495. The van der Waals surface area contributed by atoms with Gasteiger partial charge in [-0.25, -0.2) is 0 Å². The fourth-order valence-electron chi connectivity index (χ4n) is 2.01. The van der Waals surface area contributed by atoms with Crippen molar-refractivity contribution in [3.05, 3.63) is 47.3 Å². The van der Waals surface area contributed by atoms with E-state index in [1.165, 1.54) is 30.0 Å². The Bertz CT molecular complexity index is 858. The van der Waals surface area contributed by atoms with Gasteiger partial charge in [0.2, 0.25) is 5.91 Å². The van der Waals surface area contributed by atoms with Crippen molar-refractivity contribution in [2.24, 2.45) is 0 Å². The summed E-state index contributed by atoms with van der Waals surface area (Å²) in [6.07, 6.45) is 0.315. The van der Waals surface area contributed by atoms with E-state index in [2.05, 4.69) is 15.5 Å². The number of benzene rings is 1. The average Bonchev–Trinajstić information content (AvgIpc) is 3.26. The summed E-state index contributed by atoms with van der Waals surface area (Å²) in [5, 5.41) is 13.1. The van der Waals surface area contributed by atoms with Gasteiger partial charge in [0.1, 0.15) is 0 Å². The first-order valence-electron chi connectivity index (χ1n) is 7.53. The zero-order valence-electron chi connectivity index (χ0n) is 13.4. The van der Waals surface area contributed by atoms with Crippen molar-refractivity contribution in [1.29, 1.82) is 0 Å². The van der Waals surface area contributed by atoms with Crippen LogP contribution in [0.1, 0.15) is 23.7 Å². The van der Waals surface area contributed by atoms with Crippen LogP contribution in [0.25, 0.3) is 10.8 Å². The number of nitrogens with zero attached hydrogens (tertiary/aromatic N) is 2. The Kier molecular flexibility index (Phi) is 5.62. The van der Waals surface area contributed by atoms with E-state index in [1.54, 1.807) is 24.3 Å². The van der Waals surface area contributed by atoms with E-state index in [4.69, 9.17) is 4.42 Å². The number of Topliss-reactive ketones (excluding diaryl/α,β-unsaturated/α-hetero) is 1. The number of nitrogens with one attached hydrogen (secondary N) is 1.